The van der Waals surface area contributed by atoms with Gasteiger partial charge in [-0.2, -0.15) is 0 Å². The van der Waals surface area contributed by atoms with Gasteiger partial charge in [-0.05, 0) is 19.3 Å². The van der Waals surface area contributed by atoms with E-state index in [2.05, 4.69) is 15.4 Å². The lowest BCUT2D eigenvalue weighted by Gasteiger charge is -2.21. The van der Waals surface area contributed by atoms with Crippen LogP contribution in [-0.2, 0) is 19.1 Å². The summed E-state index contributed by atoms with van der Waals surface area (Å²) in [5, 5.41) is 5.08. The highest BCUT2D eigenvalue weighted by Crippen LogP contribution is 2.05. The second-order valence-corrected chi connectivity index (χ2v) is 4.64. The zero-order chi connectivity index (χ0) is 14.3. The number of carbonyl (C=O) groups excluding carboxylic acids is 3. The molecule has 0 saturated carbocycles. The van der Waals surface area contributed by atoms with Crippen LogP contribution in [-0.4, -0.2) is 37.0 Å². The number of carbonyl (C=O) groups is 3. The molecule has 18 heavy (non-hydrogen) atoms. The van der Waals surface area contributed by atoms with Crippen LogP contribution in [0, 0.1) is 5.92 Å². The summed E-state index contributed by atoms with van der Waals surface area (Å²) >= 11 is 0. The lowest BCUT2D eigenvalue weighted by Crippen LogP contribution is -2.51. The first-order chi connectivity index (χ1) is 8.27. The van der Waals surface area contributed by atoms with Gasteiger partial charge in [0.05, 0.1) is 7.11 Å². The fraction of sp³-hybridized carbons (Fsp3) is 0.750. The molecule has 0 fully saturated rings. The number of ether oxygens (including phenoxy) is 1. The lowest BCUT2D eigenvalue weighted by molar-refractivity contribution is -0.144. The van der Waals surface area contributed by atoms with Crippen LogP contribution >= 0.6 is 0 Å². The Balaban J connectivity index is 4.54. The standard InChI is InChI=1S/C12H22N2O4/c1-7(2)6-10(14-9(4)15)11(16)13-8(3)12(17)18-5/h7-8,10H,6H2,1-5H3,(H,13,16)(H,14,15)/t8-,10-/m1/s1. The minimum Gasteiger partial charge on any atom is -0.467 e. The molecule has 0 aromatic heterocycles. The van der Waals surface area contributed by atoms with Crippen LogP contribution in [0.5, 0.6) is 0 Å². The second kappa shape index (κ2) is 7.68. The maximum Gasteiger partial charge on any atom is 0.328 e. The molecular weight excluding hydrogens is 236 g/mol. The third-order valence-corrected chi connectivity index (χ3v) is 2.31. The Morgan fingerprint density at radius 1 is 1.11 bits per heavy atom. The van der Waals surface area contributed by atoms with E-state index < -0.39 is 18.1 Å². The Labute approximate surface area is 107 Å². The molecule has 0 radical (unpaired) electrons. The number of hydrogen-bond acceptors (Lipinski definition) is 4. The van der Waals surface area contributed by atoms with Crippen LogP contribution in [0.2, 0.25) is 0 Å². The normalized spacial score (nSPS) is 13.7. The van der Waals surface area contributed by atoms with E-state index in [0.29, 0.717) is 6.42 Å². The average molecular weight is 258 g/mol. The van der Waals surface area contributed by atoms with Gasteiger partial charge >= 0.3 is 5.97 Å². The third kappa shape index (κ3) is 6.22. The maximum absolute atomic E-state index is 11.9. The predicted octanol–water partition coefficient (Wildman–Crippen LogP) is 0.215. The van der Waals surface area contributed by atoms with Gasteiger partial charge in [-0.15, -0.1) is 0 Å². The van der Waals surface area contributed by atoms with E-state index in [1.807, 2.05) is 13.8 Å². The van der Waals surface area contributed by atoms with Gasteiger partial charge in [-0.1, -0.05) is 13.8 Å². The molecule has 2 atom stereocenters. The molecule has 0 rings (SSSR count). The molecule has 0 aliphatic rings. The van der Waals surface area contributed by atoms with Gasteiger partial charge in [0.2, 0.25) is 11.8 Å². The Hall–Kier alpha value is -1.59. The fourth-order valence-electron chi connectivity index (χ4n) is 1.50. The van der Waals surface area contributed by atoms with E-state index in [9.17, 15) is 14.4 Å². The Morgan fingerprint density at radius 3 is 2.06 bits per heavy atom. The highest BCUT2D eigenvalue weighted by atomic mass is 16.5. The van der Waals surface area contributed by atoms with Crippen molar-refractivity contribution in [3.8, 4) is 0 Å². The van der Waals surface area contributed by atoms with Crippen molar-refractivity contribution in [2.45, 2.75) is 46.2 Å². The van der Waals surface area contributed by atoms with Crippen LogP contribution in [0.3, 0.4) is 0 Å². The first-order valence-corrected chi connectivity index (χ1v) is 5.93. The number of amides is 2. The molecule has 2 amide bonds. The van der Waals surface area contributed by atoms with E-state index in [0.717, 1.165) is 0 Å². The molecular formula is C12H22N2O4. The van der Waals surface area contributed by atoms with Gasteiger partial charge in [0.1, 0.15) is 12.1 Å². The lowest BCUT2D eigenvalue weighted by atomic mass is 10.0. The van der Waals surface area contributed by atoms with E-state index in [1.165, 1.54) is 21.0 Å². The smallest absolute Gasteiger partial charge is 0.328 e. The van der Waals surface area contributed by atoms with Gasteiger partial charge in [-0.3, -0.25) is 9.59 Å². The average Bonchev–Trinajstić information content (AvgIpc) is 2.25. The molecule has 6 heteroatoms. The number of esters is 1. The van der Waals surface area contributed by atoms with Crippen molar-refractivity contribution in [2.24, 2.45) is 5.92 Å². The van der Waals surface area contributed by atoms with Gasteiger partial charge in [-0.25, -0.2) is 4.79 Å². The number of hydrogen-bond donors (Lipinski definition) is 2. The second-order valence-electron chi connectivity index (χ2n) is 4.64. The predicted molar refractivity (Wildman–Crippen MR) is 66.7 cm³/mol. The zero-order valence-corrected chi connectivity index (χ0v) is 11.6. The van der Waals surface area contributed by atoms with Crippen LogP contribution in [0.1, 0.15) is 34.1 Å². The summed E-state index contributed by atoms with van der Waals surface area (Å²) in [4.78, 5) is 34.1. The minimum atomic E-state index is -0.731. The number of methoxy groups -OCH3 is 1. The molecule has 0 spiro atoms. The molecule has 0 bridgehead atoms. The van der Waals surface area contributed by atoms with Gasteiger partial charge < -0.3 is 15.4 Å². The Bertz CT molecular complexity index is 315. The maximum atomic E-state index is 11.9. The van der Waals surface area contributed by atoms with Crippen LogP contribution in [0.25, 0.3) is 0 Å². The molecule has 0 aliphatic carbocycles. The topological polar surface area (TPSA) is 84.5 Å². The van der Waals surface area contributed by atoms with Crippen LogP contribution in [0.15, 0.2) is 0 Å². The monoisotopic (exact) mass is 258 g/mol. The minimum absolute atomic E-state index is 0.251. The van der Waals surface area contributed by atoms with Crippen molar-refractivity contribution in [1.82, 2.24) is 10.6 Å². The summed E-state index contributed by atoms with van der Waals surface area (Å²) in [6, 6.07) is -1.36. The molecule has 0 heterocycles. The summed E-state index contributed by atoms with van der Waals surface area (Å²) in [5.74, 6) is -0.922. The summed E-state index contributed by atoms with van der Waals surface area (Å²) in [6.07, 6.45) is 0.513. The van der Waals surface area contributed by atoms with E-state index in [-0.39, 0.29) is 17.7 Å². The first-order valence-electron chi connectivity index (χ1n) is 5.93. The SMILES string of the molecule is COC(=O)[C@@H](C)NC(=O)[C@@H](CC(C)C)NC(C)=O. The van der Waals surface area contributed by atoms with Crippen LogP contribution < -0.4 is 10.6 Å². The van der Waals surface area contributed by atoms with Crippen LogP contribution in [0.4, 0.5) is 0 Å². The van der Waals surface area contributed by atoms with E-state index >= 15 is 0 Å². The summed E-state index contributed by atoms with van der Waals surface area (Å²) in [5.41, 5.74) is 0. The van der Waals surface area contributed by atoms with Crippen molar-refractivity contribution in [3.63, 3.8) is 0 Å². The highest BCUT2D eigenvalue weighted by molar-refractivity contribution is 5.90. The van der Waals surface area contributed by atoms with Crippen molar-refractivity contribution in [3.05, 3.63) is 0 Å². The molecule has 0 saturated heterocycles. The van der Waals surface area contributed by atoms with Gasteiger partial charge in [0.25, 0.3) is 0 Å². The molecule has 104 valence electrons. The Morgan fingerprint density at radius 2 is 1.67 bits per heavy atom. The number of nitrogens with one attached hydrogen (secondary N) is 2. The fourth-order valence-corrected chi connectivity index (χ4v) is 1.50. The largest absolute Gasteiger partial charge is 0.467 e. The molecule has 0 aliphatic heterocycles. The summed E-state index contributed by atoms with van der Waals surface area (Å²) < 4.78 is 4.51. The third-order valence-electron chi connectivity index (χ3n) is 2.31. The van der Waals surface area contributed by atoms with Crippen molar-refractivity contribution in [2.75, 3.05) is 7.11 Å². The Kier molecular flexibility index (Phi) is 7.00. The van der Waals surface area contributed by atoms with E-state index in [1.54, 1.807) is 0 Å². The summed E-state index contributed by atoms with van der Waals surface area (Å²) in [7, 11) is 1.25. The summed E-state index contributed by atoms with van der Waals surface area (Å²) in [6.45, 7) is 6.78. The van der Waals surface area contributed by atoms with Crippen molar-refractivity contribution in [1.29, 1.82) is 0 Å². The highest BCUT2D eigenvalue weighted by Gasteiger charge is 2.24. The van der Waals surface area contributed by atoms with Crippen molar-refractivity contribution < 1.29 is 19.1 Å². The number of rotatable bonds is 6. The zero-order valence-electron chi connectivity index (χ0n) is 11.6. The van der Waals surface area contributed by atoms with Crippen molar-refractivity contribution >= 4 is 17.8 Å². The quantitative estimate of drug-likeness (QED) is 0.667. The molecule has 6 nitrogen and oxygen atoms in total. The molecule has 0 unspecified atom stereocenters. The first kappa shape index (κ1) is 16.4. The van der Waals surface area contributed by atoms with Gasteiger partial charge in [0.15, 0.2) is 0 Å². The van der Waals surface area contributed by atoms with E-state index in [4.69, 9.17) is 0 Å². The molecule has 0 aromatic carbocycles. The molecule has 2 N–H and O–H groups in total. The van der Waals surface area contributed by atoms with Gasteiger partial charge in [0, 0.05) is 6.92 Å². The molecule has 0 aromatic rings.